The van der Waals surface area contributed by atoms with E-state index in [2.05, 4.69) is 37.9 Å². The van der Waals surface area contributed by atoms with Crippen LogP contribution in [0.2, 0.25) is 0 Å². The van der Waals surface area contributed by atoms with Crippen molar-refractivity contribution in [3.8, 4) is 0 Å². The van der Waals surface area contributed by atoms with Crippen molar-refractivity contribution >= 4 is 5.91 Å². The lowest BCUT2D eigenvalue weighted by Crippen LogP contribution is -2.44. The molecule has 0 aromatic rings. The minimum Gasteiger partial charge on any atom is -0.323 e. The Hall–Kier alpha value is -0.570. The van der Waals surface area contributed by atoms with Gasteiger partial charge < -0.3 is 4.90 Å². The average Bonchev–Trinajstić information content (AvgIpc) is 2.82. The maximum Gasteiger partial charge on any atom is 0.241 e. The minimum atomic E-state index is 0.0599. The summed E-state index contributed by atoms with van der Waals surface area (Å²) in [6, 6.07) is 0.546. The smallest absolute Gasteiger partial charge is 0.241 e. The number of nitrogens with one attached hydrogen (secondary N) is 1. The SMILES string of the molecule is CCC1NC(CC(C)C)N(C2CCC(C)C2)C1=O. The van der Waals surface area contributed by atoms with Crippen LogP contribution >= 0.6 is 0 Å². The summed E-state index contributed by atoms with van der Waals surface area (Å²) in [5.41, 5.74) is 0. The Morgan fingerprint density at radius 3 is 2.61 bits per heavy atom. The Bertz CT molecular complexity index is 303. The first-order chi connectivity index (χ1) is 8.52. The van der Waals surface area contributed by atoms with Crippen molar-refractivity contribution in [2.24, 2.45) is 11.8 Å². The molecule has 3 heteroatoms. The summed E-state index contributed by atoms with van der Waals surface area (Å²) in [6.45, 7) is 8.88. The highest BCUT2D eigenvalue weighted by molar-refractivity contribution is 5.84. The van der Waals surface area contributed by atoms with Gasteiger partial charge in [0.1, 0.15) is 0 Å². The third kappa shape index (κ3) is 2.71. The molecule has 3 nitrogen and oxygen atoms in total. The number of hydrogen-bond acceptors (Lipinski definition) is 2. The molecule has 1 saturated carbocycles. The Kier molecular flexibility index (Phi) is 4.31. The number of carbonyl (C=O) groups is 1. The lowest BCUT2D eigenvalue weighted by Gasteiger charge is -2.31. The van der Waals surface area contributed by atoms with Crippen LogP contribution in [-0.4, -0.2) is 29.1 Å². The Labute approximate surface area is 111 Å². The molecule has 0 aromatic carbocycles. The van der Waals surface area contributed by atoms with Gasteiger partial charge in [-0.25, -0.2) is 0 Å². The first-order valence-electron chi connectivity index (χ1n) is 7.61. The van der Waals surface area contributed by atoms with Crippen molar-refractivity contribution in [2.75, 3.05) is 0 Å². The fourth-order valence-electron chi connectivity index (χ4n) is 3.50. The zero-order valence-electron chi connectivity index (χ0n) is 12.3. The van der Waals surface area contributed by atoms with Crippen molar-refractivity contribution < 1.29 is 4.79 Å². The van der Waals surface area contributed by atoms with Crippen LogP contribution in [0.25, 0.3) is 0 Å². The Morgan fingerprint density at radius 2 is 2.11 bits per heavy atom. The van der Waals surface area contributed by atoms with Gasteiger partial charge >= 0.3 is 0 Å². The van der Waals surface area contributed by atoms with E-state index in [1.54, 1.807) is 0 Å². The molecule has 1 N–H and O–H groups in total. The highest BCUT2D eigenvalue weighted by Gasteiger charge is 2.43. The molecular formula is C15H28N2O. The minimum absolute atomic E-state index is 0.0599. The second kappa shape index (κ2) is 5.60. The second-order valence-corrected chi connectivity index (χ2v) is 6.59. The van der Waals surface area contributed by atoms with Gasteiger partial charge in [-0.2, -0.15) is 0 Å². The number of nitrogens with zero attached hydrogens (tertiary/aromatic N) is 1. The average molecular weight is 252 g/mol. The lowest BCUT2D eigenvalue weighted by molar-refractivity contribution is -0.132. The summed E-state index contributed by atoms with van der Waals surface area (Å²) < 4.78 is 0. The molecule has 2 fully saturated rings. The van der Waals surface area contributed by atoms with E-state index in [0.29, 0.717) is 17.9 Å². The molecule has 2 aliphatic rings. The van der Waals surface area contributed by atoms with Gasteiger partial charge in [-0.15, -0.1) is 0 Å². The van der Waals surface area contributed by atoms with Crippen LogP contribution in [-0.2, 0) is 4.79 Å². The maximum absolute atomic E-state index is 12.5. The maximum atomic E-state index is 12.5. The number of rotatable bonds is 4. The highest BCUT2D eigenvalue weighted by atomic mass is 16.2. The Morgan fingerprint density at radius 1 is 1.39 bits per heavy atom. The molecule has 0 radical (unpaired) electrons. The molecule has 4 atom stereocenters. The van der Waals surface area contributed by atoms with E-state index in [1.165, 1.54) is 19.3 Å². The van der Waals surface area contributed by atoms with Crippen LogP contribution in [0.1, 0.15) is 59.8 Å². The van der Waals surface area contributed by atoms with Crippen molar-refractivity contribution in [1.82, 2.24) is 10.2 Å². The fraction of sp³-hybridized carbons (Fsp3) is 0.933. The van der Waals surface area contributed by atoms with Crippen molar-refractivity contribution in [1.29, 1.82) is 0 Å². The van der Waals surface area contributed by atoms with Gasteiger partial charge in [0.25, 0.3) is 0 Å². The van der Waals surface area contributed by atoms with Crippen molar-refractivity contribution in [3.63, 3.8) is 0 Å². The topological polar surface area (TPSA) is 32.3 Å². The molecule has 4 unspecified atom stereocenters. The normalized spacial score (nSPS) is 36.9. The summed E-state index contributed by atoms with van der Waals surface area (Å²) >= 11 is 0. The van der Waals surface area contributed by atoms with E-state index in [-0.39, 0.29) is 12.2 Å². The van der Waals surface area contributed by atoms with Crippen molar-refractivity contribution in [3.05, 3.63) is 0 Å². The van der Waals surface area contributed by atoms with Gasteiger partial charge in [-0.3, -0.25) is 10.1 Å². The largest absolute Gasteiger partial charge is 0.323 e. The molecule has 0 aromatic heterocycles. The van der Waals surface area contributed by atoms with E-state index < -0.39 is 0 Å². The summed E-state index contributed by atoms with van der Waals surface area (Å²) in [5, 5.41) is 3.54. The zero-order chi connectivity index (χ0) is 13.3. The van der Waals surface area contributed by atoms with Crippen LogP contribution in [0.3, 0.4) is 0 Å². The monoisotopic (exact) mass is 252 g/mol. The third-order valence-electron chi connectivity index (χ3n) is 4.45. The summed E-state index contributed by atoms with van der Waals surface area (Å²) in [4.78, 5) is 14.7. The molecule has 18 heavy (non-hydrogen) atoms. The predicted molar refractivity (Wildman–Crippen MR) is 74.1 cm³/mol. The molecule has 1 heterocycles. The molecule has 1 aliphatic heterocycles. The molecule has 2 rings (SSSR count). The van der Waals surface area contributed by atoms with Crippen molar-refractivity contribution in [2.45, 2.75) is 78.0 Å². The van der Waals surface area contributed by atoms with Gasteiger partial charge in [0, 0.05) is 6.04 Å². The fourth-order valence-corrected chi connectivity index (χ4v) is 3.50. The van der Waals surface area contributed by atoms with E-state index in [0.717, 1.165) is 18.8 Å². The van der Waals surface area contributed by atoms with Gasteiger partial charge in [0.15, 0.2) is 0 Å². The van der Waals surface area contributed by atoms with Crippen LogP contribution in [0.4, 0.5) is 0 Å². The van der Waals surface area contributed by atoms with E-state index in [4.69, 9.17) is 0 Å². The third-order valence-corrected chi connectivity index (χ3v) is 4.45. The van der Waals surface area contributed by atoms with Crippen LogP contribution in [0.15, 0.2) is 0 Å². The molecular weight excluding hydrogens is 224 g/mol. The van der Waals surface area contributed by atoms with Crippen LogP contribution in [0.5, 0.6) is 0 Å². The summed E-state index contributed by atoms with van der Waals surface area (Å²) in [5.74, 6) is 1.76. The van der Waals surface area contributed by atoms with E-state index in [9.17, 15) is 4.79 Å². The standard InChI is InChI=1S/C15H28N2O/c1-5-13-15(18)17(12-7-6-11(4)9-12)14(16-13)8-10(2)3/h10-14,16H,5-9H2,1-4H3. The first-order valence-corrected chi connectivity index (χ1v) is 7.61. The molecule has 1 amide bonds. The van der Waals surface area contributed by atoms with E-state index >= 15 is 0 Å². The molecule has 104 valence electrons. The first kappa shape index (κ1) is 13.9. The van der Waals surface area contributed by atoms with Gasteiger partial charge in [0.2, 0.25) is 5.91 Å². The number of amides is 1. The highest BCUT2D eigenvalue weighted by Crippen LogP contribution is 2.33. The quantitative estimate of drug-likeness (QED) is 0.834. The summed E-state index contributed by atoms with van der Waals surface area (Å²) in [6.07, 6.45) is 5.93. The van der Waals surface area contributed by atoms with E-state index in [1.807, 2.05) is 0 Å². The zero-order valence-corrected chi connectivity index (χ0v) is 12.3. The molecule has 1 saturated heterocycles. The lowest BCUT2D eigenvalue weighted by atomic mass is 10.1. The Balaban J connectivity index is 2.09. The number of carbonyl (C=O) groups excluding carboxylic acids is 1. The van der Waals surface area contributed by atoms with Crippen LogP contribution in [0, 0.1) is 11.8 Å². The molecule has 0 bridgehead atoms. The van der Waals surface area contributed by atoms with Gasteiger partial charge in [-0.1, -0.05) is 27.7 Å². The van der Waals surface area contributed by atoms with Crippen LogP contribution < -0.4 is 5.32 Å². The number of hydrogen-bond donors (Lipinski definition) is 1. The predicted octanol–water partition coefficient (Wildman–Crippen LogP) is 2.76. The molecule has 1 aliphatic carbocycles. The van der Waals surface area contributed by atoms with Gasteiger partial charge in [-0.05, 0) is 43.9 Å². The second-order valence-electron chi connectivity index (χ2n) is 6.59. The van der Waals surface area contributed by atoms with Gasteiger partial charge in [0.05, 0.1) is 12.2 Å². The molecule has 0 spiro atoms. The summed E-state index contributed by atoms with van der Waals surface area (Å²) in [7, 11) is 0.